The zero-order valence-electron chi connectivity index (χ0n) is 24.7. The molecule has 11 heteroatoms. The molecular weight excluding hydrogens is 524 g/mol. The van der Waals surface area contributed by atoms with Crippen LogP contribution in [-0.4, -0.2) is 76.1 Å². The van der Waals surface area contributed by atoms with E-state index in [1.54, 1.807) is 28.9 Å². The number of carbonyl (C=O) groups is 4. The van der Waals surface area contributed by atoms with E-state index in [1.807, 2.05) is 20.9 Å². The van der Waals surface area contributed by atoms with Crippen molar-refractivity contribution < 1.29 is 23.9 Å². The Bertz CT molecular complexity index is 1290. The molecule has 1 saturated heterocycles. The minimum atomic E-state index is -1.12. The van der Waals surface area contributed by atoms with Crippen molar-refractivity contribution in [3.05, 3.63) is 46.8 Å². The zero-order valence-corrected chi connectivity index (χ0v) is 24.7. The molecule has 0 aliphatic carbocycles. The molecule has 0 unspecified atom stereocenters. The fraction of sp³-hybridized carbons (Fsp3) is 0.567. The Kier molecular flexibility index (Phi) is 9.67. The van der Waals surface area contributed by atoms with Crippen molar-refractivity contribution in [3.63, 3.8) is 0 Å². The number of carbonyl (C=O) groups excluding carboxylic acids is 4. The van der Waals surface area contributed by atoms with E-state index < -0.39 is 23.9 Å². The first-order chi connectivity index (χ1) is 19.5. The van der Waals surface area contributed by atoms with Gasteiger partial charge in [0.05, 0.1) is 23.7 Å². The molecule has 1 aromatic carbocycles. The average Bonchev–Trinajstić information content (AvgIpc) is 3.51. The molecule has 1 aromatic heterocycles. The topological polar surface area (TPSA) is 135 Å². The predicted molar refractivity (Wildman–Crippen MR) is 153 cm³/mol. The van der Waals surface area contributed by atoms with E-state index in [0.29, 0.717) is 50.4 Å². The number of benzene rings is 1. The van der Waals surface area contributed by atoms with Gasteiger partial charge in [-0.3, -0.25) is 23.9 Å². The molecule has 0 radical (unpaired) electrons. The van der Waals surface area contributed by atoms with E-state index >= 15 is 0 Å². The maximum absolute atomic E-state index is 13.5. The van der Waals surface area contributed by atoms with Crippen molar-refractivity contribution in [1.29, 1.82) is 0 Å². The van der Waals surface area contributed by atoms with Crippen molar-refractivity contribution in [3.8, 4) is 5.75 Å². The third-order valence-corrected chi connectivity index (χ3v) is 7.88. The Morgan fingerprint density at radius 3 is 2.63 bits per heavy atom. The number of para-hydroxylation sites is 1. The highest BCUT2D eigenvalue weighted by Gasteiger charge is 2.37. The van der Waals surface area contributed by atoms with Crippen LogP contribution in [0.4, 0.5) is 0 Å². The Morgan fingerprint density at radius 2 is 1.93 bits per heavy atom. The third kappa shape index (κ3) is 7.25. The molecule has 0 bridgehead atoms. The maximum atomic E-state index is 13.5. The summed E-state index contributed by atoms with van der Waals surface area (Å²) in [6, 6.07) is 4.75. The molecule has 4 rings (SSSR count). The van der Waals surface area contributed by atoms with Crippen molar-refractivity contribution in [1.82, 2.24) is 30.6 Å². The number of aryl methyl sites for hydroxylation is 2. The molecule has 3 atom stereocenters. The number of rotatable bonds is 6. The van der Waals surface area contributed by atoms with Crippen LogP contribution in [0, 0.1) is 19.8 Å². The fourth-order valence-corrected chi connectivity index (χ4v) is 5.69. The number of hydrogen-bond donors (Lipinski definition) is 3. The summed E-state index contributed by atoms with van der Waals surface area (Å²) in [6.07, 6.45) is 2.22. The number of amides is 4. The molecule has 41 heavy (non-hydrogen) atoms. The van der Waals surface area contributed by atoms with Crippen LogP contribution >= 0.6 is 0 Å². The molecule has 4 amide bonds. The summed E-state index contributed by atoms with van der Waals surface area (Å²) < 4.78 is 7.87. The van der Waals surface area contributed by atoms with Crippen LogP contribution < -0.4 is 20.7 Å². The van der Waals surface area contributed by atoms with Gasteiger partial charge >= 0.3 is 0 Å². The van der Waals surface area contributed by atoms with Crippen LogP contribution in [0.5, 0.6) is 5.75 Å². The predicted octanol–water partition coefficient (Wildman–Crippen LogP) is 1.80. The number of ether oxygens (including phenoxy) is 1. The van der Waals surface area contributed by atoms with E-state index in [4.69, 9.17) is 4.74 Å². The van der Waals surface area contributed by atoms with Gasteiger partial charge in [-0.25, -0.2) is 0 Å². The Labute approximate surface area is 241 Å². The van der Waals surface area contributed by atoms with Gasteiger partial charge in [-0.2, -0.15) is 5.10 Å². The highest BCUT2D eigenvalue weighted by molar-refractivity contribution is 6.01. The molecule has 3 N–H and O–H groups in total. The SMILES string of the molecule is Cc1nn(C)c(C)c1CCNC(=O)[C@@H]1CC(=O)N2CCC[C@@H]2C(=O)N[C@@H](CC(C)C)COc2ccccc2C(=O)N1. The Morgan fingerprint density at radius 1 is 1.17 bits per heavy atom. The van der Waals surface area contributed by atoms with Crippen LogP contribution in [0.25, 0.3) is 0 Å². The molecule has 2 aliphatic heterocycles. The number of nitrogens with zero attached hydrogens (tertiary/aromatic N) is 3. The van der Waals surface area contributed by atoms with Gasteiger partial charge in [0.1, 0.15) is 24.4 Å². The summed E-state index contributed by atoms with van der Waals surface area (Å²) in [5, 5.41) is 13.2. The summed E-state index contributed by atoms with van der Waals surface area (Å²) in [4.78, 5) is 55.2. The minimum Gasteiger partial charge on any atom is -0.491 e. The first-order valence-electron chi connectivity index (χ1n) is 14.4. The quantitative estimate of drug-likeness (QED) is 0.488. The number of fused-ring (bicyclic) bond motifs is 2. The monoisotopic (exact) mass is 566 g/mol. The zero-order chi connectivity index (χ0) is 29.7. The highest BCUT2D eigenvalue weighted by Crippen LogP contribution is 2.23. The van der Waals surface area contributed by atoms with Crippen LogP contribution in [0.1, 0.15) is 66.8 Å². The first kappa shape index (κ1) is 30.1. The molecule has 3 heterocycles. The molecule has 0 spiro atoms. The van der Waals surface area contributed by atoms with Crippen LogP contribution in [0.3, 0.4) is 0 Å². The number of aromatic nitrogens is 2. The first-order valence-corrected chi connectivity index (χ1v) is 14.4. The van der Waals surface area contributed by atoms with Crippen molar-refractivity contribution >= 4 is 23.6 Å². The van der Waals surface area contributed by atoms with Crippen LogP contribution in [0.15, 0.2) is 24.3 Å². The largest absolute Gasteiger partial charge is 0.491 e. The van der Waals surface area contributed by atoms with Crippen LogP contribution in [-0.2, 0) is 27.9 Å². The van der Waals surface area contributed by atoms with Crippen molar-refractivity contribution in [2.45, 2.75) is 77.9 Å². The summed E-state index contributed by atoms with van der Waals surface area (Å²) >= 11 is 0. The van der Waals surface area contributed by atoms with Gasteiger partial charge in [0.15, 0.2) is 0 Å². The molecule has 0 saturated carbocycles. The van der Waals surface area contributed by atoms with Crippen molar-refractivity contribution in [2.24, 2.45) is 13.0 Å². The van der Waals surface area contributed by atoms with Gasteiger partial charge in [0, 0.05) is 25.8 Å². The minimum absolute atomic E-state index is 0.173. The molecule has 1 fully saturated rings. The second kappa shape index (κ2) is 13.2. The summed E-state index contributed by atoms with van der Waals surface area (Å²) in [5.41, 5.74) is 3.21. The van der Waals surface area contributed by atoms with Gasteiger partial charge in [-0.15, -0.1) is 0 Å². The van der Waals surface area contributed by atoms with Gasteiger partial charge in [-0.05, 0) is 63.1 Å². The Balaban J connectivity index is 1.57. The third-order valence-electron chi connectivity index (χ3n) is 7.88. The van der Waals surface area contributed by atoms with E-state index in [1.165, 1.54) is 4.90 Å². The van der Waals surface area contributed by atoms with E-state index in [9.17, 15) is 19.2 Å². The lowest BCUT2D eigenvalue weighted by Gasteiger charge is -2.29. The molecule has 222 valence electrons. The lowest BCUT2D eigenvalue weighted by molar-refractivity contribution is -0.140. The molecule has 2 aliphatic rings. The summed E-state index contributed by atoms with van der Waals surface area (Å²) in [5.74, 6) is -0.888. The second-order valence-corrected chi connectivity index (χ2v) is 11.4. The highest BCUT2D eigenvalue weighted by atomic mass is 16.5. The second-order valence-electron chi connectivity index (χ2n) is 11.4. The molecule has 11 nitrogen and oxygen atoms in total. The van der Waals surface area contributed by atoms with Gasteiger partial charge in [-0.1, -0.05) is 26.0 Å². The molecular formula is C30H42N6O5. The van der Waals surface area contributed by atoms with E-state index in [0.717, 1.165) is 17.0 Å². The lowest BCUT2D eigenvalue weighted by atomic mass is 10.0. The standard InChI is InChI=1S/C30H42N6O5/c1-18(2)15-21-17-41-26-11-7-6-9-23(26)28(38)33-24(16-27(37)36-14-8-10-25(36)30(40)32-21)29(39)31-13-12-22-19(3)34-35(5)20(22)4/h6-7,9,11,18,21,24-25H,8,10,12-17H2,1-5H3,(H,31,39)(H,32,40)(H,33,38)/t21-,24-,25+/m0/s1. The van der Waals surface area contributed by atoms with Gasteiger partial charge in [0.2, 0.25) is 17.7 Å². The number of hydrogen-bond acceptors (Lipinski definition) is 6. The van der Waals surface area contributed by atoms with Gasteiger partial charge in [0.25, 0.3) is 5.91 Å². The maximum Gasteiger partial charge on any atom is 0.255 e. The molecule has 2 aromatic rings. The van der Waals surface area contributed by atoms with Gasteiger partial charge < -0.3 is 25.6 Å². The van der Waals surface area contributed by atoms with E-state index in [2.05, 4.69) is 34.9 Å². The Hall–Kier alpha value is -3.89. The summed E-state index contributed by atoms with van der Waals surface area (Å²) in [6.45, 7) is 8.94. The number of nitrogens with one attached hydrogen (secondary N) is 3. The fourth-order valence-electron chi connectivity index (χ4n) is 5.69. The van der Waals surface area contributed by atoms with Crippen LogP contribution in [0.2, 0.25) is 0 Å². The van der Waals surface area contributed by atoms with Crippen molar-refractivity contribution in [2.75, 3.05) is 19.7 Å². The lowest BCUT2D eigenvalue weighted by Crippen LogP contribution is -2.53. The summed E-state index contributed by atoms with van der Waals surface area (Å²) in [7, 11) is 1.87. The van der Waals surface area contributed by atoms with E-state index in [-0.39, 0.29) is 36.4 Å². The average molecular weight is 567 g/mol. The smallest absolute Gasteiger partial charge is 0.255 e. The normalized spacial score (nSPS) is 21.9.